The number of amides is 3. The van der Waals surface area contributed by atoms with E-state index in [1.807, 2.05) is 92.7 Å². The van der Waals surface area contributed by atoms with Gasteiger partial charge in [0.25, 0.3) is 5.91 Å². The highest BCUT2D eigenvalue weighted by Crippen LogP contribution is 2.67. The van der Waals surface area contributed by atoms with Crippen molar-refractivity contribution in [2.45, 2.75) is 48.8 Å². The molecule has 46 heavy (non-hydrogen) atoms. The fraction of sp³-hybridized carbons (Fsp3) is 0.342. The first-order valence-electron chi connectivity index (χ1n) is 15.9. The van der Waals surface area contributed by atoms with Gasteiger partial charge in [-0.1, -0.05) is 78.9 Å². The predicted molar refractivity (Wildman–Crippen MR) is 185 cm³/mol. The molecule has 2 unspecified atom stereocenters. The quantitative estimate of drug-likeness (QED) is 0.267. The number of anilines is 2. The molecule has 3 saturated heterocycles. The van der Waals surface area contributed by atoms with Crippen LogP contribution in [0, 0.1) is 25.7 Å². The molecule has 2 bridgehead atoms. The van der Waals surface area contributed by atoms with Crippen molar-refractivity contribution < 1.29 is 19.5 Å². The molecule has 3 fully saturated rings. The van der Waals surface area contributed by atoms with Gasteiger partial charge in [0, 0.05) is 29.7 Å². The van der Waals surface area contributed by atoms with Crippen LogP contribution in [-0.4, -0.2) is 63.5 Å². The molecule has 0 saturated carbocycles. The van der Waals surface area contributed by atoms with Gasteiger partial charge in [-0.25, -0.2) is 0 Å². The highest BCUT2D eigenvalue weighted by Gasteiger charge is 2.75. The zero-order valence-electron chi connectivity index (χ0n) is 26.4. The Labute approximate surface area is 275 Å². The number of hydrogen-bond acceptors (Lipinski definition) is 5. The lowest BCUT2D eigenvalue weighted by Gasteiger charge is -2.40. The maximum atomic E-state index is 15.2. The van der Waals surface area contributed by atoms with Crippen LogP contribution in [-0.2, 0) is 14.4 Å². The maximum Gasteiger partial charge on any atom is 0.251 e. The van der Waals surface area contributed by atoms with E-state index < -0.39 is 28.7 Å². The summed E-state index contributed by atoms with van der Waals surface area (Å²) in [6.45, 7) is 12.0. The summed E-state index contributed by atoms with van der Waals surface area (Å²) >= 11 is 1.63. The monoisotopic (exact) mass is 635 g/mol. The van der Waals surface area contributed by atoms with Crippen LogP contribution in [0.4, 0.5) is 11.4 Å². The van der Waals surface area contributed by atoms with Crippen molar-refractivity contribution in [3.8, 4) is 0 Å². The number of nitrogens with zero attached hydrogens (tertiary/aromatic N) is 3. The molecular weight excluding hydrogens is 595 g/mol. The fourth-order valence-electron chi connectivity index (χ4n) is 8.06. The normalized spacial score (nSPS) is 25.2. The van der Waals surface area contributed by atoms with Crippen molar-refractivity contribution in [1.29, 1.82) is 0 Å². The Morgan fingerprint density at radius 2 is 1.54 bits per heavy atom. The van der Waals surface area contributed by atoms with Crippen molar-refractivity contribution in [2.75, 3.05) is 29.5 Å². The SMILES string of the molecule is C=CCN(C(=O)[C@@H]1[C@@H]2CCC3(S2)C(C(=O)N(CC=C)c2c(C)cccc2C)N([C@H](CO)c2ccccc2)C(=O)[C@H]13)c1ccccc1. The topological polar surface area (TPSA) is 81.2 Å². The van der Waals surface area contributed by atoms with Crippen molar-refractivity contribution in [3.05, 3.63) is 121 Å². The van der Waals surface area contributed by atoms with E-state index in [9.17, 15) is 14.7 Å². The Morgan fingerprint density at radius 3 is 2.15 bits per heavy atom. The third kappa shape index (κ3) is 5.08. The van der Waals surface area contributed by atoms with E-state index in [1.54, 1.807) is 38.6 Å². The second-order valence-corrected chi connectivity index (χ2v) is 14.1. The van der Waals surface area contributed by atoms with Crippen molar-refractivity contribution in [3.63, 3.8) is 0 Å². The summed E-state index contributed by atoms with van der Waals surface area (Å²) in [7, 11) is 0. The number of hydrogen-bond donors (Lipinski definition) is 1. The minimum atomic E-state index is -0.890. The molecule has 1 N–H and O–H groups in total. The lowest BCUT2D eigenvalue weighted by molar-refractivity contribution is -0.142. The smallest absolute Gasteiger partial charge is 0.251 e. The van der Waals surface area contributed by atoms with Gasteiger partial charge in [0.1, 0.15) is 6.04 Å². The minimum absolute atomic E-state index is 0.104. The van der Waals surface area contributed by atoms with E-state index in [2.05, 4.69) is 13.2 Å². The van der Waals surface area contributed by atoms with Gasteiger partial charge in [-0.05, 0) is 55.5 Å². The molecule has 3 aliphatic heterocycles. The fourth-order valence-corrected chi connectivity index (χ4v) is 10.2. The Hall–Kier alpha value is -4.14. The zero-order valence-corrected chi connectivity index (χ0v) is 27.2. The van der Waals surface area contributed by atoms with E-state index in [4.69, 9.17) is 0 Å². The number of thioether (sulfide) groups is 1. The van der Waals surface area contributed by atoms with Crippen LogP contribution in [0.1, 0.15) is 35.6 Å². The summed E-state index contributed by atoms with van der Waals surface area (Å²) in [4.78, 5) is 49.8. The molecule has 8 heteroatoms. The standard InChI is InChI=1S/C38H41N3O4S/c1-5-22-39(28-18-11-8-12-19-28)35(43)31-30-20-21-38(46-30)32(31)36(44)41(29(24-42)27-16-9-7-10-17-27)34(38)37(45)40(23-6-2)33-25(3)14-13-15-26(33)4/h5-19,29-32,34,42H,1-2,20-24H2,3-4H3/t29-,30+,31-,32+,34?,38?/m1/s1. The molecule has 3 aromatic rings. The van der Waals surface area contributed by atoms with Gasteiger partial charge in [0.2, 0.25) is 11.8 Å². The number of aliphatic hydroxyl groups excluding tert-OH is 1. The summed E-state index contributed by atoms with van der Waals surface area (Å²) in [5, 5.41) is 10.8. The number of likely N-dealkylation sites (tertiary alicyclic amines) is 1. The van der Waals surface area contributed by atoms with Crippen LogP contribution in [0.2, 0.25) is 0 Å². The Bertz CT molecular complexity index is 1630. The molecule has 0 aliphatic carbocycles. The van der Waals surface area contributed by atoms with E-state index in [1.165, 1.54) is 0 Å². The molecular formula is C38H41N3O4S. The highest BCUT2D eigenvalue weighted by atomic mass is 32.2. The number of carbonyl (C=O) groups excluding carboxylic acids is 3. The molecule has 3 aliphatic rings. The van der Waals surface area contributed by atoms with Gasteiger partial charge in [-0.15, -0.1) is 24.9 Å². The first-order chi connectivity index (χ1) is 22.3. The molecule has 0 aromatic heterocycles. The lowest BCUT2D eigenvalue weighted by Crippen LogP contribution is -2.56. The first-order valence-corrected chi connectivity index (χ1v) is 16.8. The number of aryl methyl sites for hydroxylation is 2. The molecule has 6 rings (SSSR count). The minimum Gasteiger partial charge on any atom is -0.394 e. The summed E-state index contributed by atoms with van der Waals surface area (Å²) in [5.74, 6) is -1.92. The number of fused-ring (bicyclic) bond motifs is 1. The number of para-hydroxylation sites is 2. The lowest BCUT2D eigenvalue weighted by atomic mass is 9.70. The molecule has 3 aromatic carbocycles. The molecule has 238 valence electrons. The van der Waals surface area contributed by atoms with Crippen LogP contribution in [0.25, 0.3) is 0 Å². The first kappa shape index (κ1) is 31.8. The summed E-state index contributed by atoms with van der Waals surface area (Å²) in [6, 6.07) is 23.1. The van der Waals surface area contributed by atoms with Gasteiger partial charge in [-0.3, -0.25) is 14.4 Å². The predicted octanol–water partition coefficient (Wildman–Crippen LogP) is 5.87. The number of aliphatic hydroxyl groups is 1. The van der Waals surface area contributed by atoms with E-state index in [0.717, 1.165) is 34.5 Å². The second-order valence-electron chi connectivity index (χ2n) is 12.5. The zero-order chi connectivity index (χ0) is 32.6. The van der Waals surface area contributed by atoms with Crippen LogP contribution >= 0.6 is 11.8 Å². The molecule has 3 heterocycles. The van der Waals surface area contributed by atoms with Crippen molar-refractivity contribution in [1.82, 2.24) is 4.90 Å². The van der Waals surface area contributed by atoms with Gasteiger partial charge in [0.15, 0.2) is 0 Å². The molecule has 1 spiro atoms. The average molecular weight is 636 g/mol. The number of benzene rings is 3. The van der Waals surface area contributed by atoms with Crippen LogP contribution in [0.5, 0.6) is 0 Å². The second kappa shape index (κ2) is 12.9. The Balaban J connectivity index is 1.49. The Morgan fingerprint density at radius 1 is 0.935 bits per heavy atom. The average Bonchev–Trinajstić information content (AvgIpc) is 3.71. The maximum absolute atomic E-state index is 15.2. The van der Waals surface area contributed by atoms with Gasteiger partial charge < -0.3 is 19.8 Å². The summed E-state index contributed by atoms with van der Waals surface area (Å²) in [5.41, 5.74) is 4.18. The summed E-state index contributed by atoms with van der Waals surface area (Å²) in [6.07, 6.45) is 4.76. The van der Waals surface area contributed by atoms with Crippen LogP contribution in [0.15, 0.2) is 104 Å². The molecule has 6 atom stereocenters. The third-order valence-electron chi connectivity index (χ3n) is 9.88. The molecule has 3 amide bonds. The van der Waals surface area contributed by atoms with Gasteiger partial charge in [0.05, 0.1) is 29.2 Å². The van der Waals surface area contributed by atoms with Crippen molar-refractivity contribution in [2.24, 2.45) is 11.8 Å². The van der Waals surface area contributed by atoms with E-state index in [-0.39, 0.29) is 36.1 Å². The Kier molecular flexibility index (Phi) is 8.95. The van der Waals surface area contributed by atoms with Crippen LogP contribution < -0.4 is 9.80 Å². The van der Waals surface area contributed by atoms with E-state index in [0.29, 0.717) is 13.0 Å². The number of carbonyl (C=O) groups is 3. The van der Waals surface area contributed by atoms with Crippen LogP contribution in [0.3, 0.4) is 0 Å². The van der Waals surface area contributed by atoms with Gasteiger partial charge in [-0.2, -0.15) is 0 Å². The van der Waals surface area contributed by atoms with E-state index >= 15 is 4.79 Å². The molecule has 7 nitrogen and oxygen atoms in total. The van der Waals surface area contributed by atoms with Gasteiger partial charge >= 0.3 is 0 Å². The highest BCUT2D eigenvalue weighted by molar-refractivity contribution is 8.02. The largest absolute Gasteiger partial charge is 0.394 e. The molecule has 0 radical (unpaired) electrons. The third-order valence-corrected chi connectivity index (χ3v) is 11.8. The van der Waals surface area contributed by atoms with Crippen molar-refractivity contribution >= 4 is 40.9 Å². The summed E-state index contributed by atoms with van der Waals surface area (Å²) < 4.78 is -0.825. The number of rotatable bonds is 11.